The number of sulfonamides is 1. The van der Waals surface area contributed by atoms with Crippen LogP contribution in [0.2, 0.25) is 0 Å². The average Bonchev–Trinajstić information content (AvgIpc) is 3.36. The molecule has 0 unspecified atom stereocenters. The van der Waals surface area contributed by atoms with Crippen molar-refractivity contribution < 1.29 is 22.7 Å². The van der Waals surface area contributed by atoms with Gasteiger partial charge in [-0.1, -0.05) is 0 Å². The highest BCUT2D eigenvalue weighted by Gasteiger charge is 2.23. The van der Waals surface area contributed by atoms with Crippen molar-refractivity contribution in [2.45, 2.75) is 36.7 Å². The van der Waals surface area contributed by atoms with Gasteiger partial charge in [-0.2, -0.15) is 0 Å². The Labute approximate surface area is 147 Å². The first-order valence-corrected chi connectivity index (χ1v) is 9.49. The van der Waals surface area contributed by atoms with Crippen molar-refractivity contribution in [3.8, 4) is 0 Å². The Hall–Kier alpha value is -1.97. The molecule has 1 fully saturated rings. The van der Waals surface area contributed by atoms with Crippen LogP contribution in [0.15, 0.2) is 29.2 Å². The Balaban J connectivity index is 1.91. The summed E-state index contributed by atoms with van der Waals surface area (Å²) in [5.41, 5.74) is 0.281. The molecular formula is C16H23N3O5S. The highest BCUT2D eigenvalue weighted by Crippen LogP contribution is 2.18. The molecule has 2 rings (SSSR count). The summed E-state index contributed by atoms with van der Waals surface area (Å²) < 4.78 is 31.8. The van der Waals surface area contributed by atoms with Crippen molar-refractivity contribution in [2.24, 2.45) is 0 Å². The molecular weight excluding hydrogens is 346 g/mol. The van der Waals surface area contributed by atoms with E-state index in [-0.39, 0.29) is 41.6 Å². The summed E-state index contributed by atoms with van der Waals surface area (Å²) >= 11 is 0. The van der Waals surface area contributed by atoms with E-state index in [0.29, 0.717) is 0 Å². The van der Waals surface area contributed by atoms with Gasteiger partial charge in [0.2, 0.25) is 15.9 Å². The van der Waals surface area contributed by atoms with Gasteiger partial charge in [0.25, 0.3) is 5.91 Å². The SMILES string of the molecule is COC[C@@H](C)NS(=O)(=O)c1ccc(C(=O)NCC(=O)NC2CC2)cc1. The molecule has 0 aromatic heterocycles. The van der Waals surface area contributed by atoms with Crippen LogP contribution in [0, 0.1) is 0 Å². The lowest BCUT2D eigenvalue weighted by Crippen LogP contribution is -2.37. The molecule has 1 aromatic rings. The molecule has 8 nitrogen and oxygen atoms in total. The summed E-state index contributed by atoms with van der Waals surface area (Å²) in [4.78, 5) is 23.6. The van der Waals surface area contributed by atoms with Crippen LogP contribution < -0.4 is 15.4 Å². The van der Waals surface area contributed by atoms with E-state index < -0.39 is 15.9 Å². The molecule has 0 bridgehead atoms. The number of benzene rings is 1. The minimum Gasteiger partial charge on any atom is -0.383 e. The number of hydrogen-bond donors (Lipinski definition) is 3. The maximum absolute atomic E-state index is 12.2. The van der Waals surface area contributed by atoms with Gasteiger partial charge >= 0.3 is 0 Å². The van der Waals surface area contributed by atoms with Crippen LogP contribution in [0.5, 0.6) is 0 Å². The lowest BCUT2D eigenvalue weighted by atomic mass is 10.2. The summed E-state index contributed by atoms with van der Waals surface area (Å²) in [5.74, 6) is -0.665. The molecule has 0 radical (unpaired) electrons. The van der Waals surface area contributed by atoms with Crippen LogP contribution in [0.3, 0.4) is 0 Å². The number of rotatable bonds is 9. The van der Waals surface area contributed by atoms with Gasteiger partial charge in [0.15, 0.2) is 0 Å². The normalized spacial score (nSPS) is 15.4. The van der Waals surface area contributed by atoms with Crippen molar-refractivity contribution in [1.29, 1.82) is 0 Å². The number of carbonyl (C=O) groups excluding carboxylic acids is 2. The fraction of sp³-hybridized carbons (Fsp3) is 0.500. The Morgan fingerprint density at radius 3 is 2.44 bits per heavy atom. The van der Waals surface area contributed by atoms with Gasteiger partial charge in [-0.05, 0) is 44.0 Å². The molecule has 1 aliphatic rings. The van der Waals surface area contributed by atoms with Crippen molar-refractivity contribution in [3.63, 3.8) is 0 Å². The van der Waals surface area contributed by atoms with Crippen molar-refractivity contribution in [3.05, 3.63) is 29.8 Å². The summed E-state index contributed by atoms with van der Waals surface area (Å²) in [6.07, 6.45) is 1.96. The topological polar surface area (TPSA) is 114 Å². The number of amides is 2. The first kappa shape index (κ1) is 19.4. The van der Waals surface area contributed by atoms with Crippen molar-refractivity contribution in [1.82, 2.24) is 15.4 Å². The van der Waals surface area contributed by atoms with Crippen molar-refractivity contribution >= 4 is 21.8 Å². The third kappa shape index (κ3) is 6.11. The third-order valence-electron chi connectivity index (χ3n) is 3.55. The van der Waals surface area contributed by atoms with E-state index in [1.54, 1.807) is 6.92 Å². The Kier molecular flexibility index (Phi) is 6.51. The highest BCUT2D eigenvalue weighted by molar-refractivity contribution is 7.89. The monoisotopic (exact) mass is 369 g/mol. The van der Waals surface area contributed by atoms with Crippen LogP contribution in [-0.2, 0) is 19.6 Å². The average molecular weight is 369 g/mol. The molecule has 9 heteroatoms. The van der Waals surface area contributed by atoms with Crippen molar-refractivity contribution in [2.75, 3.05) is 20.3 Å². The van der Waals surface area contributed by atoms with E-state index in [1.807, 2.05) is 0 Å². The lowest BCUT2D eigenvalue weighted by Gasteiger charge is -2.13. The zero-order valence-electron chi connectivity index (χ0n) is 14.2. The minimum absolute atomic E-state index is 0.0541. The second kappa shape index (κ2) is 8.41. The molecule has 0 saturated heterocycles. The van der Waals surface area contributed by atoms with Crippen LogP contribution in [0.4, 0.5) is 0 Å². The van der Waals surface area contributed by atoms with Crippen LogP contribution in [-0.4, -0.2) is 52.6 Å². The quantitative estimate of drug-likeness (QED) is 0.567. The highest BCUT2D eigenvalue weighted by atomic mass is 32.2. The minimum atomic E-state index is -3.68. The van der Waals surface area contributed by atoms with E-state index in [1.165, 1.54) is 31.4 Å². The largest absolute Gasteiger partial charge is 0.383 e. The Morgan fingerprint density at radius 1 is 1.24 bits per heavy atom. The Morgan fingerprint density at radius 2 is 1.88 bits per heavy atom. The first-order valence-electron chi connectivity index (χ1n) is 8.00. The van der Waals surface area contributed by atoms with Crippen LogP contribution >= 0.6 is 0 Å². The van der Waals surface area contributed by atoms with Gasteiger partial charge in [0.1, 0.15) is 0 Å². The molecule has 0 aliphatic heterocycles. The van der Waals surface area contributed by atoms with Crippen LogP contribution in [0.1, 0.15) is 30.1 Å². The summed E-state index contributed by atoms with van der Waals surface area (Å²) in [6.45, 7) is 1.84. The maximum Gasteiger partial charge on any atom is 0.251 e. The molecule has 25 heavy (non-hydrogen) atoms. The number of carbonyl (C=O) groups is 2. The predicted molar refractivity (Wildman–Crippen MR) is 91.6 cm³/mol. The number of methoxy groups -OCH3 is 1. The number of nitrogens with one attached hydrogen (secondary N) is 3. The molecule has 0 heterocycles. The number of hydrogen-bond acceptors (Lipinski definition) is 5. The zero-order chi connectivity index (χ0) is 18.4. The van der Waals surface area contributed by atoms with E-state index in [0.717, 1.165) is 12.8 Å². The van der Waals surface area contributed by atoms with Gasteiger partial charge in [0, 0.05) is 24.8 Å². The van der Waals surface area contributed by atoms with E-state index in [4.69, 9.17) is 4.74 Å². The summed E-state index contributed by atoms with van der Waals surface area (Å²) in [6, 6.07) is 5.37. The lowest BCUT2D eigenvalue weighted by molar-refractivity contribution is -0.120. The molecule has 1 saturated carbocycles. The number of ether oxygens (including phenoxy) is 1. The molecule has 0 spiro atoms. The van der Waals surface area contributed by atoms with Crippen LogP contribution in [0.25, 0.3) is 0 Å². The molecule has 138 valence electrons. The molecule has 3 N–H and O–H groups in total. The fourth-order valence-electron chi connectivity index (χ4n) is 2.17. The molecule has 2 amide bonds. The molecule has 1 atom stereocenters. The molecule has 1 aliphatic carbocycles. The second-order valence-electron chi connectivity index (χ2n) is 6.03. The Bertz CT molecular complexity index is 714. The third-order valence-corrected chi connectivity index (χ3v) is 5.16. The summed E-state index contributed by atoms with van der Waals surface area (Å²) in [7, 11) is -2.19. The summed E-state index contributed by atoms with van der Waals surface area (Å²) in [5, 5.41) is 5.27. The molecule has 1 aromatic carbocycles. The zero-order valence-corrected chi connectivity index (χ0v) is 15.1. The first-order chi connectivity index (χ1) is 11.8. The van der Waals surface area contributed by atoms with Gasteiger partial charge in [-0.25, -0.2) is 13.1 Å². The van der Waals surface area contributed by atoms with Gasteiger partial charge < -0.3 is 15.4 Å². The standard InChI is InChI=1S/C16H23N3O5S/c1-11(10-24-2)19-25(22,23)14-7-3-12(4-8-14)16(21)17-9-15(20)18-13-5-6-13/h3-4,7-8,11,13,19H,5-6,9-10H2,1-2H3,(H,17,21)(H,18,20)/t11-/m1/s1. The van der Waals surface area contributed by atoms with E-state index >= 15 is 0 Å². The maximum atomic E-state index is 12.2. The fourth-order valence-corrected chi connectivity index (χ4v) is 3.40. The van der Waals surface area contributed by atoms with Gasteiger partial charge in [-0.3, -0.25) is 9.59 Å². The predicted octanol–water partition coefficient (Wildman–Crippen LogP) is 0.00820. The second-order valence-corrected chi connectivity index (χ2v) is 7.74. The van der Waals surface area contributed by atoms with Gasteiger partial charge in [0.05, 0.1) is 18.0 Å². The van der Waals surface area contributed by atoms with Gasteiger partial charge in [-0.15, -0.1) is 0 Å². The van der Waals surface area contributed by atoms with E-state index in [9.17, 15) is 18.0 Å². The smallest absolute Gasteiger partial charge is 0.251 e. The van der Waals surface area contributed by atoms with E-state index in [2.05, 4.69) is 15.4 Å².